The Balaban J connectivity index is 1.45. The Hall–Kier alpha value is 1.94. The fraction of sp³-hybridized carbons (Fsp3) is 0.600. The predicted molar refractivity (Wildman–Crippen MR) is 127 cm³/mol. The topological polar surface area (TPSA) is 40.5 Å². The zero-order chi connectivity index (χ0) is 17.6. The van der Waals surface area contributed by atoms with Crippen LogP contribution in [0.5, 0.6) is 0 Å². The third kappa shape index (κ3) is 4.14. The van der Waals surface area contributed by atoms with Gasteiger partial charge in [-0.25, -0.2) is 0 Å². The van der Waals surface area contributed by atoms with Crippen molar-refractivity contribution in [1.82, 2.24) is 0 Å². The van der Waals surface area contributed by atoms with Crippen LogP contribution in [0.3, 0.4) is 0 Å². The van der Waals surface area contributed by atoms with E-state index in [1.165, 1.54) is 25.4 Å². The van der Waals surface area contributed by atoms with Crippen molar-refractivity contribution in [1.29, 1.82) is 0 Å². The molecule has 25 heavy (non-hydrogen) atoms. The SMILES string of the molecule is C[C@@H]1SC2=C(SC(=C3SC4=C(SCC(CO)(CO)CS4)S3)S2)S[C@H]1C. The first kappa shape index (κ1) is 20.2. The molecule has 0 fully saturated rings. The second-order valence-corrected chi connectivity index (χ2v) is 16.6. The molecule has 2 N–H and O–H groups in total. The van der Waals surface area contributed by atoms with E-state index in [0.29, 0.717) is 10.5 Å². The minimum atomic E-state index is -0.356. The van der Waals surface area contributed by atoms with E-state index >= 15 is 0 Å². The smallest absolute Gasteiger partial charge is 0.0717 e. The highest BCUT2D eigenvalue weighted by atomic mass is 32.3. The molecule has 4 aliphatic heterocycles. The Labute approximate surface area is 182 Å². The lowest BCUT2D eigenvalue weighted by Crippen LogP contribution is -2.34. The van der Waals surface area contributed by atoms with Gasteiger partial charge in [-0.05, 0) is 0 Å². The molecule has 4 aliphatic rings. The maximum absolute atomic E-state index is 9.67. The molecule has 138 valence electrons. The largest absolute Gasteiger partial charge is 0.396 e. The van der Waals surface area contributed by atoms with Gasteiger partial charge in [0.25, 0.3) is 0 Å². The van der Waals surface area contributed by atoms with E-state index in [0.717, 1.165) is 11.5 Å². The van der Waals surface area contributed by atoms with Gasteiger partial charge in [0, 0.05) is 27.4 Å². The molecule has 0 aliphatic carbocycles. The van der Waals surface area contributed by atoms with E-state index in [1.807, 2.05) is 70.6 Å². The van der Waals surface area contributed by atoms with Gasteiger partial charge >= 0.3 is 0 Å². The highest BCUT2D eigenvalue weighted by Gasteiger charge is 2.39. The zero-order valence-corrected chi connectivity index (χ0v) is 20.2. The highest BCUT2D eigenvalue weighted by Crippen LogP contribution is 2.68. The normalized spacial score (nSPS) is 32.2. The maximum Gasteiger partial charge on any atom is 0.0717 e. The maximum atomic E-state index is 9.67. The van der Waals surface area contributed by atoms with E-state index in [-0.39, 0.29) is 18.6 Å². The van der Waals surface area contributed by atoms with Gasteiger partial charge in [0.2, 0.25) is 0 Å². The fourth-order valence-electron chi connectivity index (χ4n) is 2.27. The van der Waals surface area contributed by atoms with E-state index < -0.39 is 0 Å². The Morgan fingerprint density at radius 3 is 1.52 bits per heavy atom. The molecule has 0 saturated heterocycles. The minimum absolute atomic E-state index is 0.0561. The summed E-state index contributed by atoms with van der Waals surface area (Å²) in [5.74, 6) is 1.58. The number of aliphatic hydroxyl groups excluding tert-OH is 2. The minimum Gasteiger partial charge on any atom is -0.396 e. The molecule has 0 radical (unpaired) electrons. The van der Waals surface area contributed by atoms with E-state index in [4.69, 9.17) is 0 Å². The number of rotatable bonds is 2. The van der Waals surface area contributed by atoms with Gasteiger partial charge < -0.3 is 10.2 Å². The second kappa shape index (κ2) is 8.36. The Morgan fingerprint density at radius 1 is 0.720 bits per heavy atom. The average Bonchev–Trinajstić information content (AvgIpc) is 3.16. The molecule has 0 unspecified atom stereocenters. The molecular formula is C15H18O2S8. The summed E-state index contributed by atoms with van der Waals surface area (Å²) in [5.41, 5.74) is -0.356. The molecule has 0 amide bonds. The van der Waals surface area contributed by atoms with Crippen molar-refractivity contribution in [3.63, 3.8) is 0 Å². The lowest BCUT2D eigenvalue weighted by atomic mass is 9.96. The third-order valence-electron chi connectivity index (χ3n) is 4.18. The molecule has 4 heterocycles. The number of aliphatic hydroxyl groups is 2. The predicted octanol–water partition coefficient (Wildman–Crippen LogP) is 6.03. The van der Waals surface area contributed by atoms with Crippen LogP contribution in [0.15, 0.2) is 25.4 Å². The highest BCUT2D eigenvalue weighted by molar-refractivity contribution is 8.45. The van der Waals surface area contributed by atoms with Gasteiger partial charge in [0.15, 0.2) is 0 Å². The summed E-state index contributed by atoms with van der Waals surface area (Å²) < 4.78 is 8.55. The van der Waals surface area contributed by atoms with E-state index in [2.05, 4.69) is 13.8 Å². The Bertz CT molecular complexity index is 618. The molecule has 2 nitrogen and oxygen atoms in total. The summed E-state index contributed by atoms with van der Waals surface area (Å²) in [6, 6.07) is 0. The van der Waals surface area contributed by atoms with Crippen molar-refractivity contribution in [3.8, 4) is 0 Å². The summed E-state index contributed by atoms with van der Waals surface area (Å²) in [6.07, 6.45) is 0. The average molecular weight is 487 g/mol. The molecule has 4 rings (SSSR count). The Kier molecular flexibility index (Phi) is 6.76. The molecular weight excluding hydrogens is 469 g/mol. The van der Waals surface area contributed by atoms with Crippen LogP contribution in [0, 0.1) is 5.41 Å². The molecule has 2 atom stereocenters. The Morgan fingerprint density at radius 2 is 1.12 bits per heavy atom. The van der Waals surface area contributed by atoms with Gasteiger partial charge in [-0.1, -0.05) is 60.9 Å². The molecule has 0 aromatic heterocycles. The van der Waals surface area contributed by atoms with Crippen molar-refractivity contribution in [3.05, 3.63) is 25.4 Å². The fourth-order valence-corrected chi connectivity index (χ4v) is 15.4. The van der Waals surface area contributed by atoms with Gasteiger partial charge in [0.05, 0.1) is 38.6 Å². The summed E-state index contributed by atoms with van der Waals surface area (Å²) in [5, 5.41) is 20.7. The summed E-state index contributed by atoms with van der Waals surface area (Å²) in [6.45, 7) is 4.77. The van der Waals surface area contributed by atoms with Crippen LogP contribution >= 0.6 is 94.1 Å². The number of hydrogen-bond donors (Lipinski definition) is 2. The van der Waals surface area contributed by atoms with Crippen LogP contribution in [-0.4, -0.2) is 45.4 Å². The molecule has 0 spiro atoms. The van der Waals surface area contributed by atoms with Crippen molar-refractivity contribution in [2.75, 3.05) is 24.7 Å². The van der Waals surface area contributed by atoms with Crippen LogP contribution in [0.2, 0.25) is 0 Å². The van der Waals surface area contributed by atoms with E-state index in [1.54, 1.807) is 23.5 Å². The molecule has 0 aromatic rings. The van der Waals surface area contributed by atoms with Crippen molar-refractivity contribution < 1.29 is 10.2 Å². The quantitative estimate of drug-likeness (QED) is 0.483. The zero-order valence-electron chi connectivity index (χ0n) is 13.6. The third-order valence-corrected chi connectivity index (χ3v) is 17.1. The van der Waals surface area contributed by atoms with Crippen LogP contribution in [-0.2, 0) is 0 Å². The first-order valence-electron chi connectivity index (χ1n) is 7.78. The van der Waals surface area contributed by atoms with Gasteiger partial charge in [-0.3, -0.25) is 0 Å². The number of hydrogen-bond acceptors (Lipinski definition) is 10. The van der Waals surface area contributed by atoms with Gasteiger partial charge in [-0.15, -0.1) is 47.0 Å². The molecule has 0 aromatic carbocycles. The lowest BCUT2D eigenvalue weighted by Gasteiger charge is -2.27. The van der Waals surface area contributed by atoms with E-state index in [9.17, 15) is 10.2 Å². The lowest BCUT2D eigenvalue weighted by molar-refractivity contribution is 0.0935. The van der Waals surface area contributed by atoms with Crippen molar-refractivity contribution in [2.45, 2.75) is 24.3 Å². The summed E-state index contributed by atoms with van der Waals surface area (Å²) in [4.78, 5) is 0. The van der Waals surface area contributed by atoms with Gasteiger partial charge in [0.1, 0.15) is 0 Å². The first-order chi connectivity index (χ1) is 12.0. The van der Waals surface area contributed by atoms with Crippen LogP contribution < -0.4 is 0 Å². The van der Waals surface area contributed by atoms with Crippen LogP contribution in [0.4, 0.5) is 0 Å². The molecule has 10 heteroatoms. The van der Waals surface area contributed by atoms with Crippen molar-refractivity contribution in [2.24, 2.45) is 5.41 Å². The number of thioether (sulfide) groups is 8. The summed E-state index contributed by atoms with van der Waals surface area (Å²) in [7, 11) is 0. The molecule has 0 bridgehead atoms. The van der Waals surface area contributed by atoms with Crippen molar-refractivity contribution >= 4 is 94.1 Å². The standard InChI is InChI=1S/C15H18O2S8/c1-7-8(2)21-12-11(20-7)24-14(25-12)13-22-9-10(23-13)19-6-15(3-16,4-17)5-18-9/h7-8,16-17H,3-6H2,1-2H3/t7-,8-/m0/s1. The summed E-state index contributed by atoms with van der Waals surface area (Å²) >= 11 is 15.4. The monoisotopic (exact) mass is 486 g/mol. The second-order valence-electron chi connectivity index (χ2n) is 6.17. The van der Waals surface area contributed by atoms with Gasteiger partial charge in [-0.2, -0.15) is 0 Å². The first-order valence-corrected chi connectivity index (χ1v) is 14.8. The molecule has 0 saturated carbocycles. The van der Waals surface area contributed by atoms with Crippen LogP contribution in [0.1, 0.15) is 13.8 Å². The van der Waals surface area contributed by atoms with Crippen LogP contribution in [0.25, 0.3) is 0 Å².